The van der Waals surface area contributed by atoms with Crippen LogP contribution < -0.4 is 0 Å². The molecule has 0 saturated heterocycles. The Morgan fingerprint density at radius 3 is 1.47 bits per heavy atom. The zero-order valence-corrected chi connectivity index (χ0v) is 24.9. The third kappa shape index (κ3) is 32.0. The van der Waals surface area contributed by atoms with Crippen LogP contribution in [-0.2, 0) is 9.09 Å². The van der Waals surface area contributed by atoms with Gasteiger partial charge in [0, 0.05) is 13.1 Å². The molecular formula is C28H62NO6P. The van der Waals surface area contributed by atoms with Crippen LogP contribution >= 0.6 is 7.82 Å². The van der Waals surface area contributed by atoms with Crippen LogP contribution in [0, 0.1) is 5.92 Å². The third-order valence-electron chi connectivity index (χ3n) is 6.57. The first-order valence-electron chi connectivity index (χ1n) is 15.0. The highest BCUT2D eigenvalue weighted by Crippen LogP contribution is 2.37. The summed E-state index contributed by atoms with van der Waals surface area (Å²) >= 11 is 0. The first-order chi connectivity index (χ1) is 17.3. The Morgan fingerprint density at radius 2 is 1.03 bits per heavy atom. The summed E-state index contributed by atoms with van der Waals surface area (Å²) < 4.78 is 15.3. The summed E-state index contributed by atoms with van der Waals surface area (Å²) in [6, 6.07) is 0. The highest BCUT2D eigenvalue weighted by atomic mass is 31.2. The van der Waals surface area contributed by atoms with Gasteiger partial charge >= 0.3 is 7.82 Å². The Kier molecular flexibility index (Phi) is 31.3. The molecule has 0 heterocycles. The van der Waals surface area contributed by atoms with Crippen molar-refractivity contribution in [3.63, 3.8) is 0 Å². The minimum Gasteiger partial charge on any atom is -0.395 e. The monoisotopic (exact) mass is 539 g/mol. The highest BCUT2D eigenvalue weighted by Gasteiger charge is 2.17. The number of aliphatic hydroxyl groups is 2. The summed E-state index contributed by atoms with van der Waals surface area (Å²) in [5.74, 6) is 0.291. The number of rotatable bonds is 26. The first-order valence-corrected chi connectivity index (χ1v) is 16.5. The molecule has 0 radical (unpaired) electrons. The molecule has 0 amide bonds. The average molecular weight is 540 g/mol. The van der Waals surface area contributed by atoms with E-state index in [1.807, 2.05) is 0 Å². The maximum absolute atomic E-state index is 10.7. The summed E-state index contributed by atoms with van der Waals surface area (Å²) in [5, 5.41) is 17.8. The molecule has 0 saturated carbocycles. The molecule has 220 valence electrons. The second-order valence-electron chi connectivity index (χ2n) is 10.1. The molecule has 36 heavy (non-hydrogen) atoms. The van der Waals surface area contributed by atoms with Crippen molar-refractivity contribution in [1.29, 1.82) is 0 Å². The second-order valence-corrected chi connectivity index (χ2v) is 11.4. The lowest BCUT2D eigenvalue weighted by atomic mass is 9.96. The van der Waals surface area contributed by atoms with Gasteiger partial charge in [0.2, 0.25) is 0 Å². The molecule has 0 fully saturated rings. The normalized spacial score (nSPS) is 12.6. The molecule has 0 aromatic rings. The zero-order chi connectivity index (χ0) is 27.3. The van der Waals surface area contributed by atoms with Crippen molar-refractivity contribution in [3.05, 3.63) is 0 Å². The van der Waals surface area contributed by atoms with Gasteiger partial charge in [0.15, 0.2) is 0 Å². The molecule has 1 unspecified atom stereocenters. The summed E-state index contributed by atoms with van der Waals surface area (Å²) in [4.78, 5) is 19.5. The standard InChI is InChI=1S/C16H35NO2.C12H27O4P/c1-2-3-4-5-6-7-8-9-10-11-12-17(13-15-18)14-16-19;1-3-5-7-8-10-12(9-6-4-2)11-16-17(13,14)15/h18-19H,2-16H2,1H3;12H,3-11H2,1-2H3,(H2,13,14,15). The number of nitrogens with zero attached hydrogens (tertiary/aromatic N) is 1. The lowest BCUT2D eigenvalue weighted by Crippen LogP contribution is -2.30. The molecule has 0 aromatic carbocycles. The molecule has 0 rings (SSSR count). The van der Waals surface area contributed by atoms with Gasteiger partial charge in [-0.1, -0.05) is 117 Å². The number of phosphoric acid groups is 1. The zero-order valence-electron chi connectivity index (χ0n) is 24.0. The smallest absolute Gasteiger partial charge is 0.395 e. The molecule has 4 N–H and O–H groups in total. The first kappa shape index (κ1) is 38.1. The van der Waals surface area contributed by atoms with E-state index in [1.54, 1.807) is 0 Å². The molecule has 0 aliphatic heterocycles. The minimum atomic E-state index is -4.30. The molecule has 0 aromatic heterocycles. The van der Waals surface area contributed by atoms with Crippen molar-refractivity contribution in [2.24, 2.45) is 5.92 Å². The van der Waals surface area contributed by atoms with E-state index in [-0.39, 0.29) is 19.8 Å². The molecule has 0 bridgehead atoms. The molecule has 0 aliphatic rings. The summed E-state index contributed by atoms with van der Waals surface area (Å²) in [6.07, 6.45) is 22.5. The van der Waals surface area contributed by atoms with Gasteiger partial charge < -0.3 is 20.0 Å². The van der Waals surface area contributed by atoms with Crippen molar-refractivity contribution in [2.75, 3.05) is 39.5 Å². The quantitative estimate of drug-likeness (QED) is 0.0687. The molecule has 0 spiro atoms. The Balaban J connectivity index is 0. The van der Waals surface area contributed by atoms with Gasteiger partial charge in [-0.15, -0.1) is 0 Å². The fourth-order valence-corrected chi connectivity index (χ4v) is 4.71. The molecule has 1 atom stereocenters. The molecule has 0 aliphatic carbocycles. The van der Waals surface area contributed by atoms with E-state index in [0.29, 0.717) is 19.0 Å². The Labute approximate surface area is 223 Å². The maximum Gasteiger partial charge on any atom is 0.469 e. The topological polar surface area (TPSA) is 110 Å². The lowest BCUT2D eigenvalue weighted by molar-refractivity contribution is 0.157. The summed E-state index contributed by atoms with van der Waals surface area (Å²) in [7, 11) is -4.30. The van der Waals surface area contributed by atoms with Gasteiger partial charge in [-0.2, -0.15) is 0 Å². The number of hydrogen-bond donors (Lipinski definition) is 4. The van der Waals surface area contributed by atoms with Crippen LogP contribution in [0.4, 0.5) is 0 Å². The number of hydrogen-bond acceptors (Lipinski definition) is 5. The van der Waals surface area contributed by atoms with Crippen LogP contribution in [0.5, 0.6) is 0 Å². The van der Waals surface area contributed by atoms with Crippen LogP contribution in [0.25, 0.3) is 0 Å². The van der Waals surface area contributed by atoms with Crippen molar-refractivity contribution in [1.82, 2.24) is 4.90 Å². The highest BCUT2D eigenvalue weighted by molar-refractivity contribution is 7.46. The van der Waals surface area contributed by atoms with E-state index in [4.69, 9.17) is 20.0 Å². The van der Waals surface area contributed by atoms with Crippen LogP contribution in [0.3, 0.4) is 0 Å². The number of aliphatic hydroxyl groups excluding tert-OH is 2. The molecular weight excluding hydrogens is 477 g/mol. The Morgan fingerprint density at radius 1 is 0.611 bits per heavy atom. The minimum absolute atomic E-state index is 0.191. The van der Waals surface area contributed by atoms with Gasteiger partial charge in [0.1, 0.15) is 0 Å². The van der Waals surface area contributed by atoms with E-state index in [1.165, 1.54) is 83.5 Å². The van der Waals surface area contributed by atoms with Crippen molar-refractivity contribution >= 4 is 7.82 Å². The fourth-order valence-electron chi connectivity index (χ4n) is 4.31. The third-order valence-corrected chi connectivity index (χ3v) is 7.06. The molecule has 7 nitrogen and oxygen atoms in total. The Hall–Kier alpha value is -0.0100. The van der Waals surface area contributed by atoms with Gasteiger partial charge in [0.25, 0.3) is 0 Å². The van der Waals surface area contributed by atoms with Crippen LogP contribution in [-0.4, -0.2) is 64.4 Å². The summed E-state index contributed by atoms with van der Waals surface area (Å²) in [6.45, 7) is 9.53. The molecule has 8 heteroatoms. The number of phosphoric ester groups is 1. The van der Waals surface area contributed by atoms with E-state index in [2.05, 4.69) is 30.2 Å². The van der Waals surface area contributed by atoms with E-state index >= 15 is 0 Å². The van der Waals surface area contributed by atoms with E-state index < -0.39 is 7.82 Å². The largest absolute Gasteiger partial charge is 0.469 e. The Bertz CT molecular complexity index is 457. The average Bonchev–Trinajstić information content (AvgIpc) is 2.84. The maximum atomic E-state index is 10.7. The second kappa shape index (κ2) is 29.5. The van der Waals surface area contributed by atoms with Crippen LogP contribution in [0.2, 0.25) is 0 Å². The van der Waals surface area contributed by atoms with Crippen molar-refractivity contribution in [2.45, 2.75) is 136 Å². The van der Waals surface area contributed by atoms with Crippen LogP contribution in [0.15, 0.2) is 0 Å². The van der Waals surface area contributed by atoms with Crippen molar-refractivity contribution < 1.29 is 29.1 Å². The van der Waals surface area contributed by atoms with E-state index in [0.717, 1.165) is 38.6 Å². The predicted molar refractivity (Wildman–Crippen MR) is 152 cm³/mol. The van der Waals surface area contributed by atoms with Gasteiger partial charge in [0.05, 0.1) is 19.8 Å². The lowest BCUT2D eigenvalue weighted by Gasteiger charge is -2.19. The summed E-state index contributed by atoms with van der Waals surface area (Å²) in [5.41, 5.74) is 0. The SMILES string of the molecule is CCCCCCC(CCCC)COP(=O)(O)O.CCCCCCCCCCCCN(CCO)CCO. The van der Waals surface area contributed by atoms with Gasteiger partial charge in [-0.3, -0.25) is 9.42 Å². The predicted octanol–water partition coefficient (Wildman–Crippen LogP) is 7.07. The van der Waals surface area contributed by atoms with Gasteiger partial charge in [-0.05, 0) is 31.7 Å². The van der Waals surface area contributed by atoms with Crippen LogP contribution in [0.1, 0.15) is 136 Å². The van der Waals surface area contributed by atoms with Crippen molar-refractivity contribution in [3.8, 4) is 0 Å². The number of unbranched alkanes of at least 4 members (excludes halogenated alkanes) is 13. The van der Waals surface area contributed by atoms with Gasteiger partial charge in [-0.25, -0.2) is 4.57 Å². The van der Waals surface area contributed by atoms with E-state index in [9.17, 15) is 4.57 Å². The fraction of sp³-hybridized carbons (Fsp3) is 1.00.